The molecule has 0 fully saturated rings. The van der Waals surface area contributed by atoms with Gasteiger partial charge >= 0.3 is 0 Å². The Hall–Kier alpha value is -4.09. The van der Waals surface area contributed by atoms with Gasteiger partial charge in [0, 0.05) is 27.2 Å². The normalized spacial score (nSPS) is 11.8. The molecule has 0 atom stereocenters. The third-order valence-corrected chi connectivity index (χ3v) is 6.94. The standard InChI is InChI=1S/C27H16N4S/c1-2-8-17(9-3-1)18-14-15-23(28-16-18)31-21-12-6-4-10-19(21)24-26(31)30-27-25(29-24)20-11-5-7-13-22(20)32-27/h1-16H. The van der Waals surface area contributed by atoms with Gasteiger partial charge in [0.25, 0.3) is 0 Å². The van der Waals surface area contributed by atoms with Gasteiger partial charge in [-0.05, 0) is 29.8 Å². The van der Waals surface area contributed by atoms with Crippen LogP contribution in [0, 0.1) is 0 Å². The van der Waals surface area contributed by atoms with Gasteiger partial charge in [-0.2, -0.15) is 0 Å². The molecule has 7 rings (SSSR count). The van der Waals surface area contributed by atoms with E-state index >= 15 is 0 Å². The number of aromatic nitrogens is 4. The van der Waals surface area contributed by atoms with E-state index in [2.05, 4.69) is 71.3 Å². The molecule has 4 heterocycles. The number of hydrogen-bond donors (Lipinski definition) is 0. The zero-order valence-corrected chi connectivity index (χ0v) is 17.8. The lowest BCUT2D eigenvalue weighted by Crippen LogP contribution is -1.98. The van der Waals surface area contributed by atoms with Crippen LogP contribution in [0.25, 0.3) is 59.4 Å². The number of para-hydroxylation sites is 1. The Morgan fingerprint density at radius 1 is 0.625 bits per heavy atom. The average molecular weight is 429 g/mol. The van der Waals surface area contributed by atoms with Crippen LogP contribution >= 0.6 is 11.3 Å². The molecule has 0 saturated heterocycles. The summed E-state index contributed by atoms with van der Waals surface area (Å²) < 4.78 is 3.33. The molecule has 5 heteroatoms. The first-order valence-electron chi connectivity index (χ1n) is 10.5. The summed E-state index contributed by atoms with van der Waals surface area (Å²) in [5.41, 5.74) is 6.02. The van der Waals surface area contributed by atoms with E-state index in [1.165, 1.54) is 4.70 Å². The molecule has 0 saturated carbocycles. The monoisotopic (exact) mass is 428 g/mol. The zero-order chi connectivity index (χ0) is 21.1. The second kappa shape index (κ2) is 6.70. The fourth-order valence-electron chi connectivity index (χ4n) is 4.38. The second-order valence-electron chi connectivity index (χ2n) is 7.77. The van der Waals surface area contributed by atoms with E-state index in [9.17, 15) is 0 Å². The molecule has 0 amide bonds. The molecule has 0 radical (unpaired) electrons. The molecule has 0 aliphatic carbocycles. The fraction of sp³-hybridized carbons (Fsp3) is 0. The highest BCUT2D eigenvalue weighted by Gasteiger charge is 2.18. The maximum absolute atomic E-state index is 5.10. The fourth-order valence-corrected chi connectivity index (χ4v) is 5.40. The van der Waals surface area contributed by atoms with Crippen molar-refractivity contribution >= 4 is 53.8 Å². The molecule has 0 bridgehead atoms. The Morgan fingerprint density at radius 2 is 1.41 bits per heavy atom. The average Bonchev–Trinajstić information content (AvgIpc) is 3.38. The van der Waals surface area contributed by atoms with Gasteiger partial charge in [0.2, 0.25) is 0 Å². The minimum Gasteiger partial charge on any atom is -0.276 e. The van der Waals surface area contributed by atoms with E-state index in [-0.39, 0.29) is 0 Å². The largest absolute Gasteiger partial charge is 0.276 e. The van der Waals surface area contributed by atoms with Crippen molar-refractivity contribution in [2.45, 2.75) is 0 Å². The van der Waals surface area contributed by atoms with Gasteiger partial charge in [0.1, 0.15) is 21.7 Å². The topological polar surface area (TPSA) is 43.6 Å². The van der Waals surface area contributed by atoms with Gasteiger partial charge in [-0.25, -0.2) is 15.0 Å². The summed E-state index contributed by atoms with van der Waals surface area (Å²) >= 11 is 1.68. The van der Waals surface area contributed by atoms with E-state index in [0.717, 1.165) is 54.7 Å². The van der Waals surface area contributed by atoms with Gasteiger partial charge in [-0.3, -0.25) is 4.57 Å². The van der Waals surface area contributed by atoms with Crippen molar-refractivity contribution in [3.05, 3.63) is 97.2 Å². The van der Waals surface area contributed by atoms with Crippen LogP contribution in [0.1, 0.15) is 0 Å². The van der Waals surface area contributed by atoms with E-state index in [4.69, 9.17) is 15.0 Å². The lowest BCUT2D eigenvalue weighted by Gasteiger charge is -2.07. The molecule has 0 unspecified atom stereocenters. The molecule has 0 aliphatic heterocycles. The molecule has 32 heavy (non-hydrogen) atoms. The summed E-state index contributed by atoms with van der Waals surface area (Å²) in [5.74, 6) is 0.839. The Balaban J connectivity index is 1.51. The Kier molecular flexibility index (Phi) is 3.68. The van der Waals surface area contributed by atoms with E-state index in [0.29, 0.717) is 0 Å². The molecule has 0 N–H and O–H groups in total. The zero-order valence-electron chi connectivity index (χ0n) is 16.9. The quantitative estimate of drug-likeness (QED) is 0.298. The van der Waals surface area contributed by atoms with Gasteiger partial charge in [0.05, 0.1) is 5.52 Å². The van der Waals surface area contributed by atoms with Crippen LogP contribution < -0.4 is 0 Å². The van der Waals surface area contributed by atoms with Crippen molar-refractivity contribution in [3.63, 3.8) is 0 Å². The predicted octanol–water partition coefficient (Wildman–Crippen LogP) is 7.00. The minimum atomic E-state index is 0.838. The Bertz CT molecular complexity index is 1760. The first-order valence-corrected chi connectivity index (χ1v) is 11.3. The van der Waals surface area contributed by atoms with Crippen LogP contribution in [-0.4, -0.2) is 19.5 Å². The maximum Gasteiger partial charge on any atom is 0.167 e. The number of nitrogens with zero attached hydrogens (tertiary/aromatic N) is 4. The SMILES string of the molecule is c1ccc(-c2ccc(-n3c4ccccc4c4nc5c(nc43)sc3ccccc35)nc2)cc1. The van der Waals surface area contributed by atoms with Crippen molar-refractivity contribution in [2.24, 2.45) is 0 Å². The maximum atomic E-state index is 5.10. The van der Waals surface area contributed by atoms with Gasteiger partial charge in [-0.1, -0.05) is 66.7 Å². The van der Waals surface area contributed by atoms with Crippen LogP contribution in [-0.2, 0) is 0 Å². The summed E-state index contributed by atoms with van der Waals surface area (Å²) in [4.78, 5) is 16.0. The van der Waals surface area contributed by atoms with Crippen molar-refractivity contribution in [1.29, 1.82) is 0 Å². The molecule has 4 aromatic heterocycles. The molecule has 3 aromatic carbocycles. The van der Waals surface area contributed by atoms with Crippen LogP contribution in [0.3, 0.4) is 0 Å². The molecule has 150 valence electrons. The lowest BCUT2D eigenvalue weighted by molar-refractivity contribution is 1.06. The summed E-state index contributed by atoms with van der Waals surface area (Å²) in [6, 6.07) is 31.2. The smallest absolute Gasteiger partial charge is 0.167 e. The molecule has 7 aromatic rings. The van der Waals surface area contributed by atoms with Crippen LogP contribution in [0.4, 0.5) is 0 Å². The number of fused-ring (bicyclic) bond motifs is 6. The first-order chi connectivity index (χ1) is 15.9. The molecular weight excluding hydrogens is 412 g/mol. The van der Waals surface area contributed by atoms with Gasteiger partial charge in [-0.15, -0.1) is 11.3 Å². The van der Waals surface area contributed by atoms with Crippen molar-refractivity contribution in [3.8, 4) is 16.9 Å². The Labute approximate surface area is 187 Å². The highest BCUT2D eigenvalue weighted by molar-refractivity contribution is 7.25. The summed E-state index contributed by atoms with van der Waals surface area (Å²) in [5, 5.41) is 2.24. The third-order valence-electron chi connectivity index (χ3n) is 5.89. The van der Waals surface area contributed by atoms with Gasteiger partial charge < -0.3 is 0 Å². The van der Waals surface area contributed by atoms with E-state index in [1.54, 1.807) is 11.3 Å². The first kappa shape index (κ1) is 17.6. The van der Waals surface area contributed by atoms with Crippen molar-refractivity contribution < 1.29 is 0 Å². The third kappa shape index (κ3) is 2.52. The second-order valence-corrected chi connectivity index (χ2v) is 8.80. The van der Waals surface area contributed by atoms with Crippen molar-refractivity contribution in [2.75, 3.05) is 0 Å². The molecule has 4 nitrogen and oxygen atoms in total. The molecule has 0 spiro atoms. The number of hydrogen-bond acceptors (Lipinski definition) is 4. The van der Waals surface area contributed by atoms with Crippen LogP contribution in [0.5, 0.6) is 0 Å². The van der Waals surface area contributed by atoms with Gasteiger partial charge in [0.15, 0.2) is 5.65 Å². The highest BCUT2D eigenvalue weighted by atomic mass is 32.1. The predicted molar refractivity (Wildman–Crippen MR) is 132 cm³/mol. The van der Waals surface area contributed by atoms with Crippen LogP contribution in [0.2, 0.25) is 0 Å². The molecule has 0 aliphatic rings. The van der Waals surface area contributed by atoms with Crippen LogP contribution in [0.15, 0.2) is 97.2 Å². The summed E-state index contributed by atoms with van der Waals surface area (Å²) in [6.07, 6.45) is 1.93. The van der Waals surface area contributed by atoms with Crippen molar-refractivity contribution in [1.82, 2.24) is 19.5 Å². The number of benzene rings is 3. The van der Waals surface area contributed by atoms with E-state index < -0.39 is 0 Å². The molecular formula is C27H16N4S. The lowest BCUT2D eigenvalue weighted by atomic mass is 10.1. The Morgan fingerprint density at radius 3 is 2.25 bits per heavy atom. The number of thiophene rings is 1. The van der Waals surface area contributed by atoms with E-state index in [1.807, 2.05) is 30.5 Å². The summed E-state index contributed by atoms with van der Waals surface area (Å²) in [6.45, 7) is 0. The summed E-state index contributed by atoms with van der Waals surface area (Å²) in [7, 11) is 0. The number of pyridine rings is 1. The number of rotatable bonds is 2. The minimum absolute atomic E-state index is 0.838. The highest BCUT2D eigenvalue weighted by Crippen LogP contribution is 2.36.